The Morgan fingerprint density at radius 1 is 1.33 bits per heavy atom. The van der Waals surface area contributed by atoms with E-state index >= 15 is 0 Å². The van der Waals surface area contributed by atoms with Crippen molar-refractivity contribution in [3.8, 4) is 0 Å². The molecule has 0 radical (unpaired) electrons. The summed E-state index contributed by atoms with van der Waals surface area (Å²) in [6, 6.07) is 1.70. The molecule has 0 aliphatic carbocycles. The second-order valence-corrected chi connectivity index (χ2v) is 7.59. The third-order valence-corrected chi connectivity index (χ3v) is 5.98. The smallest absolute Gasteiger partial charge is 0.250 e. The molecule has 2 aromatic rings. The van der Waals surface area contributed by atoms with Gasteiger partial charge in [-0.25, -0.2) is 13.1 Å². The first-order valence-corrected chi connectivity index (χ1v) is 9.00. The molecule has 2 N–H and O–H groups in total. The molecule has 0 aromatic carbocycles. The molecule has 0 fully saturated rings. The predicted molar refractivity (Wildman–Crippen MR) is 81.7 cm³/mol. The van der Waals surface area contributed by atoms with Crippen LogP contribution in [0.2, 0.25) is 0 Å². The molecule has 0 amide bonds. The number of rotatable bonds is 7. The molecule has 2 rings (SSSR count). The highest BCUT2D eigenvalue weighted by atomic mass is 32.2. The lowest BCUT2D eigenvalue weighted by Gasteiger charge is -2.04. The first-order valence-electron chi connectivity index (χ1n) is 6.63. The highest BCUT2D eigenvalue weighted by Gasteiger charge is 2.18. The van der Waals surface area contributed by atoms with Gasteiger partial charge in [0.15, 0.2) is 0 Å². The summed E-state index contributed by atoms with van der Waals surface area (Å²) in [5.41, 5.74) is 2.46. The third-order valence-electron chi connectivity index (χ3n) is 3.09. The van der Waals surface area contributed by atoms with Gasteiger partial charge in [-0.15, -0.1) is 11.3 Å². The largest absolute Gasteiger partial charge is 0.361 e. The van der Waals surface area contributed by atoms with E-state index in [9.17, 15) is 8.42 Å². The average Bonchev–Trinajstić information content (AvgIpc) is 3.03. The van der Waals surface area contributed by atoms with Crippen molar-refractivity contribution in [2.75, 3.05) is 6.54 Å². The van der Waals surface area contributed by atoms with Crippen LogP contribution < -0.4 is 10.0 Å². The van der Waals surface area contributed by atoms with Gasteiger partial charge in [0.1, 0.15) is 9.97 Å². The van der Waals surface area contributed by atoms with Crippen LogP contribution in [-0.2, 0) is 23.1 Å². The van der Waals surface area contributed by atoms with Crippen LogP contribution in [0.25, 0.3) is 0 Å². The molecule has 0 saturated heterocycles. The molecule has 2 aromatic heterocycles. The molecule has 116 valence electrons. The second kappa shape index (κ2) is 6.69. The first kappa shape index (κ1) is 16.2. The zero-order chi connectivity index (χ0) is 15.5. The van der Waals surface area contributed by atoms with Gasteiger partial charge in [-0.2, -0.15) is 0 Å². The van der Waals surface area contributed by atoms with Gasteiger partial charge in [0.2, 0.25) is 10.0 Å². The van der Waals surface area contributed by atoms with Crippen LogP contribution in [0.4, 0.5) is 0 Å². The Kier molecular flexibility index (Phi) is 5.15. The van der Waals surface area contributed by atoms with Gasteiger partial charge >= 0.3 is 0 Å². The Morgan fingerprint density at radius 3 is 2.71 bits per heavy atom. The highest BCUT2D eigenvalue weighted by molar-refractivity contribution is 7.91. The Balaban J connectivity index is 2.06. The van der Waals surface area contributed by atoms with Crippen molar-refractivity contribution in [2.45, 2.75) is 38.1 Å². The summed E-state index contributed by atoms with van der Waals surface area (Å²) in [4.78, 5) is 0. The first-order chi connectivity index (χ1) is 9.94. The summed E-state index contributed by atoms with van der Waals surface area (Å²) >= 11 is 1.22. The number of hydrogen-bond donors (Lipinski definition) is 2. The van der Waals surface area contributed by atoms with Gasteiger partial charge in [0.25, 0.3) is 0 Å². The van der Waals surface area contributed by atoms with Crippen molar-refractivity contribution in [1.82, 2.24) is 15.2 Å². The van der Waals surface area contributed by atoms with Crippen LogP contribution in [0.5, 0.6) is 0 Å². The number of hydrogen-bond acceptors (Lipinski definition) is 6. The number of nitrogens with one attached hydrogen (secondary N) is 2. The number of thiophene rings is 1. The second-order valence-electron chi connectivity index (χ2n) is 4.68. The molecule has 0 aliphatic rings. The lowest BCUT2D eigenvalue weighted by Crippen LogP contribution is -2.23. The van der Waals surface area contributed by atoms with Crippen LogP contribution in [-0.4, -0.2) is 20.1 Å². The fourth-order valence-corrected chi connectivity index (χ4v) is 4.10. The summed E-state index contributed by atoms with van der Waals surface area (Å²) in [6.45, 7) is 7.27. The quantitative estimate of drug-likeness (QED) is 0.811. The summed E-state index contributed by atoms with van der Waals surface area (Å²) in [5.74, 6) is 0.634. The van der Waals surface area contributed by atoms with Gasteiger partial charge in [-0.05, 0) is 37.4 Å². The fourth-order valence-electron chi connectivity index (χ4n) is 1.85. The fraction of sp³-hybridized carbons (Fsp3) is 0.462. The molecule has 8 heteroatoms. The molecule has 0 spiro atoms. The molecule has 6 nitrogen and oxygen atoms in total. The minimum Gasteiger partial charge on any atom is -0.361 e. The van der Waals surface area contributed by atoms with Gasteiger partial charge in [0, 0.05) is 18.7 Å². The van der Waals surface area contributed by atoms with Crippen molar-refractivity contribution in [3.63, 3.8) is 0 Å². The predicted octanol–water partition coefficient (Wildman–Crippen LogP) is 1.94. The van der Waals surface area contributed by atoms with Crippen LogP contribution in [0.15, 0.2) is 20.2 Å². The normalized spacial score (nSPS) is 12.0. The van der Waals surface area contributed by atoms with Crippen molar-refractivity contribution >= 4 is 21.4 Å². The van der Waals surface area contributed by atoms with Crippen LogP contribution in [0.3, 0.4) is 0 Å². The van der Waals surface area contributed by atoms with E-state index in [2.05, 4.69) is 15.2 Å². The topological polar surface area (TPSA) is 84.2 Å². The maximum absolute atomic E-state index is 12.3. The Hall–Kier alpha value is -1.22. The molecule has 0 bridgehead atoms. The lowest BCUT2D eigenvalue weighted by molar-refractivity contribution is 0.392. The molecular weight excluding hydrogens is 310 g/mol. The van der Waals surface area contributed by atoms with E-state index in [1.165, 1.54) is 11.3 Å². The summed E-state index contributed by atoms with van der Waals surface area (Å²) in [5, 5.41) is 8.84. The average molecular weight is 329 g/mol. The van der Waals surface area contributed by atoms with Crippen molar-refractivity contribution < 1.29 is 12.9 Å². The van der Waals surface area contributed by atoms with E-state index in [0.717, 1.165) is 17.7 Å². The molecule has 0 unspecified atom stereocenters. The molecular formula is C13H19N3O3S2. The van der Waals surface area contributed by atoms with Gasteiger partial charge in [-0.1, -0.05) is 12.1 Å². The van der Waals surface area contributed by atoms with Gasteiger partial charge in [0.05, 0.1) is 5.69 Å². The number of nitrogens with zero attached hydrogens (tertiary/aromatic N) is 1. The third kappa shape index (κ3) is 3.91. The summed E-state index contributed by atoms with van der Waals surface area (Å²) in [7, 11) is -3.50. The lowest BCUT2D eigenvalue weighted by atomic mass is 10.2. The minimum absolute atomic E-state index is 0.184. The van der Waals surface area contributed by atoms with E-state index in [-0.39, 0.29) is 6.54 Å². The maximum Gasteiger partial charge on any atom is 0.250 e. The van der Waals surface area contributed by atoms with Gasteiger partial charge < -0.3 is 9.84 Å². The Morgan fingerprint density at radius 2 is 2.10 bits per heavy atom. The number of sulfonamides is 1. The molecule has 0 atom stereocenters. The number of aromatic nitrogens is 1. The van der Waals surface area contributed by atoms with E-state index < -0.39 is 10.0 Å². The van der Waals surface area contributed by atoms with Crippen LogP contribution >= 0.6 is 11.3 Å². The van der Waals surface area contributed by atoms with Crippen molar-refractivity contribution in [2.24, 2.45) is 0 Å². The maximum atomic E-state index is 12.3. The van der Waals surface area contributed by atoms with E-state index in [1.54, 1.807) is 19.9 Å². The number of aryl methyl sites for hydroxylation is 2. The summed E-state index contributed by atoms with van der Waals surface area (Å²) in [6.07, 6.45) is 0. The zero-order valence-electron chi connectivity index (χ0n) is 12.3. The van der Waals surface area contributed by atoms with Gasteiger partial charge in [-0.3, -0.25) is 0 Å². The van der Waals surface area contributed by atoms with Crippen molar-refractivity contribution in [3.05, 3.63) is 34.0 Å². The molecule has 21 heavy (non-hydrogen) atoms. The van der Waals surface area contributed by atoms with Crippen molar-refractivity contribution in [1.29, 1.82) is 0 Å². The van der Waals surface area contributed by atoms with E-state index in [0.29, 0.717) is 22.2 Å². The summed E-state index contributed by atoms with van der Waals surface area (Å²) < 4.78 is 32.5. The van der Waals surface area contributed by atoms with E-state index in [1.807, 2.05) is 12.3 Å². The zero-order valence-corrected chi connectivity index (χ0v) is 13.9. The van der Waals surface area contributed by atoms with Crippen LogP contribution in [0.1, 0.15) is 29.5 Å². The Labute approximate surface area is 128 Å². The highest BCUT2D eigenvalue weighted by Crippen LogP contribution is 2.21. The van der Waals surface area contributed by atoms with Crippen LogP contribution in [0, 0.1) is 13.8 Å². The minimum atomic E-state index is -3.50. The SMILES string of the molecule is CCNCc1csc(S(=O)(=O)NCc2c(C)noc2C)c1. The monoisotopic (exact) mass is 329 g/mol. The van der Waals surface area contributed by atoms with E-state index in [4.69, 9.17) is 4.52 Å². The standard InChI is InChI=1S/C13H19N3O3S2/c1-4-14-6-11-5-13(20-8-11)21(17,18)15-7-12-9(2)16-19-10(12)3/h5,8,14-15H,4,6-7H2,1-3H3. The molecule has 2 heterocycles. The Bertz CT molecular complexity index is 685. The molecule has 0 aliphatic heterocycles. The molecule has 0 saturated carbocycles.